The summed E-state index contributed by atoms with van der Waals surface area (Å²) in [6, 6.07) is 0.283. The number of anilines is 1. The first-order chi connectivity index (χ1) is 10.3. The van der Waals surface area contributed by atoms with Gasteiger partial charge in [-0.15, -0.1) is 0 Å². The van der Waals surface area contributed by atoms with E-state index in [9.17, 15) is 4.79 Å². The van der Waals surface area contributed by atoms with Gasteiger partial charge in [-0.2, -0.15) is 16.9 Å². The van der Waals surface area contributed by atoms with Gasteiger partial charge in [-0.1, -0.05) is 0 Å². The Morgan fingerprint density at radius 1 is 1.62 bits per heavy atom. The fourth-order valence-electron chi connectivity index (χ4n) is 2.71. The number of hydrogen-bond acceptors (Lipinski definition) is 5. The highest BCUT2D eigenvalue weighted by Crippen LogP contribution is 2.15. The van der Waals surface area contributed by atoms with E-state index in [0.29, 0.717) is 6.42 Å². The number of nitrogens with zero attached hydrogens (tertiary/aromatic N) is 2. The number of hydrogen-bond donors (Lipinski definition) is 2. The third-order valence-electron chi connectivity index (χ3n) is 3.76. The number of carbonyl (C=O) groups excluding carboxylic acids is 1. The van der Waals surface area contributed by atoms with Gasteiger partial charge in [-0.3, -0.25) is 9.48 Å². The van der Waals surface area contributed by atoms with Gasteiger partial charge in [0.15, 0.2) is 0 Å². The third-order valence-corrected chi connectivity index (χ3v) is 4.89. The summed E-state index contributed by atoms with van der Waals surface area (Å²) in [5.74, 6) is 2.19. The maximum absolute atomic E-state index is 12.0. The number of nitrogens with one attached hydrogen (secondary N) is 2. The SMILES string of the molecule is O=C(CC1CSCCN1)Nc1cnn(CC2CCCO2)c1. The third kappa shape index (κ3) is 4.46. The fraction of sp³-hybridized carbons (Fsp3) is 0.714. The summed E-state index contributed by atoms with van der Waals surface area (Å²) in [4.78, 5) is 12.0. The van der Waals surface area contributed by atoms with E-state index in [2.05, 4.69) is 15.7 Å². The zero-order valence-corrected chi connectivity index (χ0v) is 12.9. The van der Waals surface area contributed by atoms with Crippen molar-refractivity contribution in [3.8, 4) is 0 Å². The molecule has 21 heavy (non-hydrogen) atoms. The van der Waals surface area contributed by atoms with Gasteiger partial charge in [0.25, 0.3) is 0 Å². The van der Waals surface area contributed by atoms with E-state index in [1.807, 2.05) is 22.6 Å². The predicted molar refractivity (Wildman–Crippen MR) is 83.6 cm³/mol. The molecule has 6 nitrogen and oxygen atoms in total. The number of thioether (sulfide) groups is 1. The molecular formula is C14H22N4O2S. The molecule has 3 heterocycles. The number of rotatable bonds is 5. The van der Waals surface area contributed by atoms with Gasteiger partial charge in [-0.25, -0.2) is 0 Å². The van der Waals surface area contributed by atoms with E-state index in [-0.39, 0.29) is 18.1 Å². The van der Waals surface area contributed by atoms with Crippen molar-refractivity contribution in [1.82, 2.24) is 15.1 Å². The number of ether oxygens (including phenoxy) is 1. The van der Waals surface area contributed by atoms with Crippen molar-refractivity contribution < 1.29 is 9.53 Å². The minimum Gasteiger partial charge on any atom is -0.376 e. The average molecular weight is 310 g/mol. The maximum atomic E-state index is 12.0. The predicted octanol–water partition coefficient (Wildman–Crippen LogP) is 1.10. The molecule has 2 N–H and O–H groups in total. The van der Waals surface area contributed by atoms with Gasteiger partial charge in [0.2, 0.25) is 5.91 Å². The highest BCUT2D eigenvalue weighted by molar-refractivity contribution is 7.99. The number of carbonyl (C=O) groups is 1. The molecule has 0 aliphatic carbocycles. The van der Waals surface area contributed by atoms with Crippen LogP contribution in [0.2, 0.25) is 0 Å². The zero-order valence-electron chi connectivity index (χ0n) is 12.1. The van der Waals surface area contributed by atoms with Crippen LogP contribution >= 0.6 is 11.8 Å². The highest BCUT2D eigenvalue weighted by atomic mass is 32.2. The summed E-state index contributed by atoms with van der Waals surface area (Å²) in [6.45, 7) is 2.60. The van der Waals surface area contributed by atoms with Crippen LogP contribution in [-0.2, 0) is 16.1 Å². The van der Waals surface area contributed by atoms with E-state index in [4.69, 9.17) is 4.74 Å². The van der Waals surface area contributed by atoms with Gasteiger partial charge in [0.1, 0.15) is 0 Å². The molecule has 2 saturated heterocycles. The quantitative estimate of drug-likeness (QED) is 0.852. The molecule has 2 atom stereocenters. The molecule has 1 amide bonds. The molecule has 0 bridgehead atoms. The van der Waals surface area contributed by atoms with E-state index < -0.39 is 0 Å². The first-order valence-corrected chi connectivity index (χ1v) is 8.70. The summed E-state index contributed by atoms with van der Waals surface area (Å²) in [6.07, 6.45) is 6.58. The molecule has 1 aromatic heterocycles. The average Bonchev–Trinajstić information content (AvgIpc) is 3.13. The van der Waals surface area contributed by atoms with Crippen LogP contribution in [0.15, 0.2) is 12.4 Å². The lowest BCUT2D eigenvalue weighted by Gasteiger charge is -2.22. The van der Waals surface area contributed by atoms with Crippen molar-refractivity contribution in [2.75, 3.05) is 30.0 Å². The number of amides is 1. The van der Waals surface area contributed by atoms with Crippen LogP contribution in [0.25, 0.3) is 0 Å². The summed E-state index contributed by atoms with van der Waals surface area (Å²) in [5.41, 5.74) is 0.765. The molecule has 0 saturated carbocycles. The first kappa shape index (κ1) is 14.9. The maximum Gasteiger partial charge on any atom is 0.226 e. The Balaban J connectivity index is 1.45. The van der Waals surface area contributed by atoms with Crippen molar-refractivity contribution in [3.05, 3.63) is 12.4 Å². The lowest BCUT2D eigenvalue weighted by Crippen LogP contribution is -2.39. The second-order valence-corrected chi connectivity index (χ2v) is 6.71. The Kier molecular flexibility index (Phi) is 5.16. The summed E-state index contributed by atoms with van der Waals surface area (Å²) >= 11 is 1.90. The Morgan fingerprint density at radius 3 is 3.33 bits per heavy atom. The Bertz CT molecular complexity index is 467. The molecule has 2 unspecified atom stereocenters. The minimum absolute atomic E-state index is 0.0478. The standard InChI is InChI=1S/C14H22N4O2S/c19-14(6-11-10-21-5-3-15-11)17-12-7-16-18(8-12)9-13-2-1-4-20-13/h7-8,11,13,15H,1-6,9-10H2,(H,17,19). The van der Waals surface area contributed by atoms with Crippen LogP contribution in [0.5, 0.6) is 0 Å². The van der Waals surface area contributed by atoms with Gasteiger partial charge >= 0.3 is 0 Å². The van der Waals surface area contributed by atoms with Crippen LogP contribution in [0.3, 0.4) is 0 Å². The lowest BCUT2D eigenvalue weighted by atomic mass is 10.2. The van der Waals surface area contributed by atoms with Crippen molar-refractivity contribution in [3.63, 3.8) is 0 Å². The van der Waals surface area contributed by atoms with Crippen molar-refractivity contribution >= 4 is 23.4 Å². The molecule has 0 aromatic carbocycles. The summed E-state index contributed by atoms with van der Waals surface area (Å²) in [7, 11) is 0. The molecular weight excluding hydrogens is 288 g/mol. The Labute approximate surface area is 129 Å². The molecule has 3 rings (SSSR count). The Hall–Kier alpha value is -1.05. The van der Waals surface area contributed by atoms with E-state index in [0.717, 1.165) is 49.7 Å². The normalized spacial score (nSPS) is 25.9. The topological polar surface area (TPSA) is 68.2 Å². The molecule has 2 aliphatic heterocycles. The van der Waals surface area contributed by atoms with Crippen molar-refractivity contribution in [1.29, 1.82) is 0 Å². The van der Waals surface area contributed by atoms with Crippen LogP contribution in [0, 0.1) is 0 Å². The van der Waals surface area contributed by atoms with Crippen molar-refractivity contribution in [2.24, 2.45) is 0 Å². The largest absolute Gasteiger partial charge is 0.376 e. The molecule has 2 fully saturated rings. The molecule has 7 heteroatoms. The second kappa shape index (κ2) is 7.29. The van der Waals surface area contributed by atoms with Crippen LogP contribution in [-0.4, -0.2) is 52.5 Å². The Morgan fingerprint density at radius 2 is 2.57 bits per heavy atom. The smallest absolute Gasteiger partial charge is 0.226 e. The van der Waals surface area contributed by atoms with Gasteiger partial charge in [0.05, 0.1) is 24.5 Å². The van der Waals surface area contributed by atoms with E-state index in [1.165, 1.54) is 0 Å². The van der Waals surface area contributed by atoms with Gasteiger partial charge < -0.3 is 15.4 Å². The molecule has 2 aliphatic rings. The lowest BCUT2D eigenvalue weighted by molar-refractivity contribution is -0.116. The van der Waals surface area contributed by atoms with Crippen LogP contribution < -0.4 is 10.6 Å². The summed E-state index contributed by atoms with van der Waals surface area (Å²) in [5, 5.41) is 10.6. The molecule has 0 radical (unpaired) electrons. The molecule has 116 valence electrons. The number of aromatic nitrogens is 2. The second-order valence-electron chi connectivity index (χ2n) is 5.56. The zero-order chi connectivity index (χ0) is 14.5. The molecule has 0 spiro atoms. The molecule has 1 aromatic rings. The first-order valence-electron chi connectivity index (χ1n) is 7.54. The van der Waals surface area contributed by atoms with Crippen LogP contribution in [0.4, 0.5) is 5.69 Å². The van der Waals surface area contributed by atoms with Gasteiger partial charge in [0, 0.05) is 43.3 Å². The van der Waals surface area contributed by atoms with Crippen molar-refractivity contribution in [2.45, 2.75) is 38.0 Å². The van der Waals surface area contributed by atoms with E-state index in [1.54, 1.807) is 6.20 Å². The van der Waals surface area contributed by atoms with Gasteiger partial charge in [-0.05, 0) is 12.8 Å². The van der Waals surface area contributed by atoms with Crippen LogP contribution in [0.1, 0.15) is 19.3 Å². The monoisotopic (exact) mass is 310 g/mol. The fourth-order valence-corrected chi connectivity index (χ4v) is 3.66. The highest BCUT2D eigenvalue weighted by Gasteiger charge is 2.18. The summed E-state index contributed by atoms with van der Waals surface area (Å²) < 4.78 is 7.44. The minimum atomic E-state index is 0.0478. The van der Waals surface area contributed by atoms with E-state index >= 15 is 0 Å².